The lowest BCUT2D eigenvalue weighted by molar-refractivity contribution is -0.136. The zero-order valence-corrected chi connectivity index (χ0v) is 11.8. The summed E-state index contributed by atoms with van der Waals surface area (Å²) in [5.41, 5.74) is 0.177. The van der Waals surface area contributed by atoms with E-state index in [-0.39, 0.29) is 12.2 Å². The molecule has 0 aliphatic rings. The highest BCUT2D eigenvalue weighted by Gasteiger charge is 2.15. The Hall–Kier alpha value is -1.47. The Balaban J connectivity index is 2.54. The molecule has 0 saturated heterocycles. The van der Waals surface area contributed by atoms with Crippen molar-refractivity contribution in [3.8, 4) is 0 Å². The van der Waals surface area contributed by atoms with E-state index >= 15 is 0 Å². The first kappa shape index (κ1) is 15.6. The molecular formula is C12H14BrFN2O3. The fourth-order valence-corrected chi connectivity index (χ4v) is 1.59. The van der Waals surface area contributed by atoms with Crippen LogP contribution in [0.3, 0.4) is 0 Å². The van der Waals surface area contributed by atoms with Crippen LogP contribution in [0.5, 0.6) is 0 Å². The second-order valence-corrected chi connectivity index (χ2v) is 4.83. The second kappa shape index (κ2) is 7.20. The zero-order chi connectivity index (χ0) is 14.4. The van der Waals surface area contributed by atoms with E-state index in [1.165, 1.54) is 12.1 Å². The van der Waals surface area contributed by atoms with E-state index < -0.39 is 23.7 Å². The van der Waals surface area contributed by atoms with Crippen LogP contribution in [-0.2, 0) is 9.59 Å². The van der Waals surface area contributed by atoms with Gasteiger partial charge in [-0.05, 0) is 47.5 Å². The SMILES string of the molecule is CC(O)CCNC(=O)C(=O)Nc1cc(F)ccc1Br. The van der Waals surface area contributed by atoms with Gasteiger partial charge in [-0.1, -0.05) is 0 Å². The lowest BCUT2D eigenvalue weighted by Crippen LogP contribution is -2.36. The number of nitrogens with one attached hydrogen (secondary N) is 2. The van der Waals surface area contributed by atoms with Crippen molar-refractivity contribution in [3.05, 3.63) is 28.5 Å². The minimum absolute atomic E-state index is 0.177. The molecule has 1 unspecified atom stereocenters. The van der Waals surface area contributed by atoms with Gasteiger partial charge in [0.05, 0.1) is 11.8 Å². The Morgan fingerprint density at radius 3 is 2.74 bits per heavy atom. The quantitative estimate of drug-likeness (QED) is 0.729. The minimum Gasteiger partial charge on any atom is -0.393 e. The molecule has 19 heavy (non-hydrogen) atoms. The maximum Gasteiger partial charge on any atom is 0.313 e. The van der Waals surface area contributed by atoms with Gasteiger partial charge in [-0.25, -0.2) is 4.39 Å². The number of aliphatic hydroxyl groups excluding tert-OH is 1. The van der Waals surface area contributed by atoms with Gasteiger partial charge in [-0.2, -0.15) is 0 Å². The molecule has 0 aliphatic carbocycles. The average Bonchev–Trinajstić information content (AvgIpc) is 2.33. The lowest BCUT2D eigenvalue weighted by Gasteiger charge is -2.08. The van der Waals surface area contributed by atoms with Gasteiger partial charge in [0.1, 0.15) is 5.82 Å². The summed E-state index contributed by atoms with van der Waals surface area (Å²) in [6.07, 6.45) is -0.205. The van der Waals surface area contributed by atoms with Crippen molar-refractivity contribution in [2.24, 2.45) is 0 Å². The van der Waals surface area contributed by atoms with E-state index in [1.54, 1.807) is 6.92 Å². The van der Waals surface area contributed by atoms with Gasteiger partial charge >= 0.3 is 11.8 Å². The van der Waals surface area contributed by atoms with Gasteiger partial charge in [0, 0.05) is 11.0 Å². The molecule has 0 heterocycles. The van der Waals surface area contributed by atoms with Crippen molar-refractivity contribution in [3.63, 3.8) is 0 Å². The van der Waals surface area contributed by atoms with E-state index in [0.29, 0.717) is 10.9 Å². The second-order valence-electron chi connectivity index (χ2n) is 3.97. The number of hydrogen-bond acceptors (Lipinski definition) is 3. The van der Waals surface area contributed by atoms with E-state index in [2.05, 4.69) is 26.6 Å². The fraction of sp³-hybridized carbons (Fsp3) is 0.333. The Morgan fingerprint density at radius 1 is 1.42 bits per heavy atom. The van der Waals surface area contributed by atoms with Gasteiger partial charge in [-0.3, -0.25) is 9.59 Å². The Kier molecular flexibility index (Phi) is 5.91. The normalized spacial score (nSPS) is 11.8. The summed E-state index contributed by atoms with van der Waals surface area (Å²) in [4.78, 5) is 22.9. The van der Waals surface area contributed by atoms with Crippen molar-refractivity contribution in [2.75, 3.05) is 11.9 Å². The third kappa shape index (κ3) is 5.35. The van der Waals surface area contributed by atoms with E-state index in [0.717, 1.165) is 6.07 Å². The number of benzene rings is 1. The molecule has 7 heteroatoms. The standard InChI is InChI=1S/C12H14BrFN2O3/c1-7(17)4-5-15-11(18)12(19)16-10-6-8(14)2-3-9(10)13/h2-3,6-7,17H,4-5H2,1H3,(H,15,18)(H,16,19). The largest absolute Gasteiger partial charge is 0.393 e. The summed E-state index contributed by atoms with van der Waals surface area (Å²) in [6, 6.07) is 3.75. The molecule has 2 amide bonds. The van der Waals surface area contributed by atoms with Crippen molar-refractivity contribution in [2.45, 2.75) is 19.4 Å². The van der Waals surface area contributed by atoms with Crippen molar-refractivity contribution >= 4 is 33.4 Å². The topological polar surface area (TPSA) is 78.4 Å². The molecule has 1 rings (SSSR count). The van der Waals surface area contributed by atoms with Crippen LogP contribution in [0.4, 0.5) is 10.1 Å². The monoisotopic (exact) mass is 332 g/mol. The molecule has 0 aliphatic heterocycles. The predicted octanol–water partition coefficient (Wildman–Crippen LogP) is 1.41. The van der Waals surface area contributed by atoms with Crippen molar-refractivity contribution < 1.29 is 19.1 Å². The summed E-state index contributed by atoms with van der Waals surface area (Å²) in [5.74, 6) is -2.25. The van der Waals surface area contributed by atoms with E-state index in [4.69, 9.17) is 5.11 Å². The Bertz CT molecular complexity index is 480. The molecule has 5 nitrogen and oxygen atoms in total. The molecule has 0 aromatic heterocycles. The third-order valence-corrected chi connectivity index (χ3v) is 2.92. The fourth-order valence-electron chi connectivity index (χ4n) is 1.25. The summed E-state index contributed by atoms with van der Waals surface area (Å²) in [7, 11) is 0. The van der Waals surface area contributed by atoms with Gasteiger partial charge < -0.3 is 15.7 Å². The highest BCUT2D eigenvalue weighted by molar-refractivity contribution is 9.10. The molecule has 0 saturated carbocycles. The average molecular weight is 333 g/mol. The zero-order valence-electron chi connectivity index (χ0n) is 10.2. The number of amides is 2. The van der Waals surface area contributed by atoms with Crippen LogP contribution in [0.25, 0.3) is 0 Å². The molecule has 0 bridgehead atoms. The molecule has 1 aromatic rings. The lowest BCUT2D eigenvalue weighted by atomic mass is 10.3. The number of anilines is 1. The van der Waals surface area contributed by atoms with Crippen LogP contribution >= 0.6 is 15.9 Å². The summed E-state index contributed by atoms with van der Waals surface area (Å²) < 4.78 is 13.5. The van der Waals surface area contributed by atoms with Crippen LogP contribution in [-0.4, -0.2) is 29.6 Å². The number of carbonyl (C=O) groups excluding carboxylic acids is 2. The molecule has 1 atom stereocenters. The van der Waals surface area contributed by atoms with Gasteiger partial charge in [0.15, 0.2) is 0 Å². The molecular weight excluding hydrogens is 319 g/mol. The van der Waals surface area contributed by atoms with E-state index in [9.17, 15) is 14.0 Å². The molecule has 0 fully saturated rings. The first-order valence-electron chi connectivity index (χ1n) is 5.62. The molecule has 0 spiro atoms. The Labute approximate surface area is 118 Å². The molecule has 3 N–H and O–H groups in total. The van der Waals surface area contributed by atoms with Crippen molar-refractivity contribution in [1.82, 2.24) is 5.32 Å². The van der Waals surface area contributed by atoms with Crippen LogP contribution in [0.1, 0.15) is 13.3 Å². The number of rotatable bonds is 4. The highest BCUT2D eigenvalue weighted by Crippen LogP contribution is 2.22. The van der Waals surface area contributed by atoms with Crippen LogP contribution in [0, 0.1) is 5.82 Å². The number of hydrogen-bond donors (Lipinski definition) is 3. The first-order chi connectivity index (χ1) is 8.90. The van der Waals surface area contributed by atoms with Gasteiger partial charge in [0.25, 0.3) is 0 Å². The Morgan fingerprint density at radius 2 is 2.11 bits per heavy atom. The minimum atomic E-state index is -0.892. The highest BCUT2D eigenvalue weighted by atomic mass is 79.9. The van der Waals surface area contributed by atoms with Crippen LogP contribution in [0.15, 0.2) is 22.7 Å². The number of carbonyl (C=O) groups is 2. The van der Waals surface area contributed by atoms with Crippen molar-refractivity contribution in [1.29, 1.82) is 0 Å². The molecule has 0 radical (unpaired) electrons. The van der Waals surface area contributed by atoms with Crippen LogP contribution < -0.4 is 10.6 Å². The van der Waals surface area contributed by atoms with Crippen LogP contribution in [0.2, 0.25) is 0 Å². The van der Waals surface area contributed by atoms with Gasteiger partial charge in [0.2, 0.25) is 0 Å². The first-order valence-corrected chi connectivity index (χ1v) is 6.41. The van der Waals surface area contributed by atoms with Gasteiger partial charge in [-0.15, -0.1) is 0 Å². The molecule has 1 aromatic carbocycles. The molecule has 104 valence electrons. The third-order valence-electron chi connectivity index (χ3n) is 2.23. The maximum absolute atomic E-state index is 13.0. The number of halogens is 2. The summed E-state index contributed by atoms with van der Waals surface area (Å²) in [5, 5.41) is 13.6. The summed E-state index contributed by atoms with van der Waals surface area (Å²) in [6.45, 7) is 1.77. The maximum atomic E-state index is 13.0. The summed E-state index contributed by atoms with van der Waals surface area (Å²) >= 11 is 3.13. The smallest absolute Gasteiger partial charge is 0.313 e. The number of aliphatic hydroxyl groups is 1. The predicted molar refractivity (Wildman–Crippen MR) is 72.0 cm³/mol. The van der Waals surface area contributed by atoms with E-state index in [1.807, 2.05) is 0 Å².